The number of piperazine rings is 1. The van der Waals surface area contributed by atoms with Crippen LogP contribution in [0.2, 0.25) is 0 Å². The molecule has 4 rings (SSSR count). The van der Waals surface area contributed by atoms with E-state index >= 15 is 0 Å². The first kappa shape index (κ1) is 22.8. The first-order valence-corrected chi connectivity index (χ1v) is 12.7. The molecule has 0 aliphatic carbocycles. The Labute approximate surface area is 190 Å². The van der Waals surface area contributed by atoms with Crippen LogP contribution in [0, 0.1) is 0 Å². The van der Waals surface area contributed by atoms with E-state index in [1.54, 1.807) is 33.5 Å². The van der Waals surface area contributed by atoms with Gasteiger partial charge in [-0.3, -0.25) is 9.69 Å². The molecule has 2 aromatic rings. The van der Waals surface area contributed by atoms with Gasteiger partial charge in [0.25, 0.3) is 5.91 Å². The minimum Gasteiger partial charge on any atom is -0.493 e. The Balaban J connectivity index is 1.37. The van der Waals surface area contributed by atoms with E-state index in [1.165, 1.54) is 11.1 Å². The van der Waals surface area contributed by atoms with Gasteiger partial charge in [0.2, 0.25) is 10.0 Å². The highest BCUT2D eigenvalue weighted by Crippen LogP contribution is 2.27. The predicted molar refractivity (Wildman–Crippen MR) is 123 cm³/mol. The van der Waals surface area contributed by atoms with Crippen LogP contribution in [0.25, 0.3) is 0 Å². The van der Waals surface area contributed by atoms with Crippen molar-refractivity contribution in [2.24, 2.45) is 0 Å². The summed E-state index contributed by atoms with van der Waals surface area (Å²) < 4.78 is 33.3. The third-order valence-electron chi connectivity index (χ3n) is 6.28. The van der Waals surface area contributed by atoms with Crippen LogP contribution in [-0.4, -0.2) is 74.3 Å². The first-order chi connectivity index (χ1) is 15.4. The number of nitrogens with zero attached hydrogens (tertiary/aromatic N) is 3. The average Bonchev–Trinajstić information content (AvgIpc) is 3.28. The summed E-state index contributed by atoms with van der Waals surface area (Å²) in [6, 6.07) is 12.6. The smallest absolute Gasteiger partial charge is 0.253 e. The van der Waals surface area contributed by atoms with Gasteiger partial charge >= 0.3 is 0 Å². The van der Waals surface area contributed by atoms with Crippen LogP contribution >= 0.6 is 0 Å². The molecule has 2 aliphatic rings. The lowest BCUT2D eigenvalue weighted by molar-refractivity contribution is 0.0773. The molecule has 8 heteroatoms. The standard InChI is InChI=1S/C24H31N3O4S/c1-3-26(4-2)24(28)20-6-8-22(9-7-20)32(29,30)27-14-12-25(13-15-27)18-19-5-10-23-21(17-19)11-16-31-23/h5-10,17H,3-4,11-16,18H2,1-2H3. The highest BCUT2D eigenvalue weighted by Gasteiger charge is 2.29. The fourth-order valence-electron chi connectivity index (χ4n) is 4.34. The summed E-state index contributed by atoms with van der Waals surface area (Å²) in [4.78, 5) is 16.7. The Hall–Kier alpha value is -2.42. The number of fused-ring (bicyclic) bond motifs is 1. The second kappa shape index (κ2) is 9.60. The molecule has 1 amide bonds. The molecule has 1 fully saturated rings. The van der Waals surface area contributed by atoms with E-state index in [1.807, 2.05) is 19.9 Å². The summed E-state index contributed by atoms with van der Waals surface area (Å²) in [5.74, 6) is 0.903. The number of carbonyl (C=O) groups is 1. The molecule has 0 spiro atoms. The van der Waals surface area contributed by atoms with Crippen molar-refractivity contribution in [1.29, 1.82) is 0 Å². The number of rotatable bonds is 7. The SMILES string of the molecule is CCN(CC)C(=O)c1ccc(S(=O)(=O)N2CCN(Cc3ccc4c(c3)CCO4)CC2)cc1. The van der Waals surface area contributed by atoms with Gasteiger partial charge in [-0.1, -0.05) is 12.1 Å². The van der Waals surface area contributed by atoms with Crippen molar-refractivity contribution >= 4 is 15.9 Å². The molecule has 0 bridgehead atoms. The maximum atomic E-state index is 13.1. The molecular weight excluding hydrogens is 426 g/mol. The molecule has 0 radical (unpaired) electrons. The predicted octanol–water partition coefficient (Wildman–Crippen LogP) is 2.61. The van der Waals surface area contributed by atoms with Crippen LogP contribution < -0.4 is 4.74 Å². The Morgan fingerprint density at radius 3 is 2.34 bits per heavy atom. The van der Waals surface area contributed by atoms with Gasteiger partial charge in [0.1, 0.15) is 5.75 Å². The summed E-state index contributed by atoms with van der Waals surface area (Å²) in [6.07, 6.45) is 0.953. The van der Waals surface area contributed by atoms with E-state index in [2.05, 4.69) is 17.0 Å². The second-order valence-electron chi connectivity index (χ2n) is 8.22. The van der Waals surface area contributed by atoms with E-state index in [0.717, 1.165) is 25.3 Å². The van der Waals surface area contributed by atoms with Gasteiger partial charge in [0.05, 0.1) is 11.5 Å². The van der Waals surface area contributed by atoms with Gasteiger partial charge < -0.3 is 9.64 Å². The largest absolute Gasteiger partial charge is 0.493 e. The molecular formula is C24H31N3O4S. The van der Waals surface area contributed by atoms with Gasteiger partial charge in [0.15, 0.2) is 0 Å². The van der Waals surface area contributed by atoms with Gasteiger partial charge in [-0.2, -0.15) is 4.31 Å². The highest BCUT2D eigenvalue weighted by molar-refractivity contribution is 7.89. The zero-order valence-electron chi connectivity index (χ0n) is 18.8. The first-order valence-electron chi connectivity index (χ1n) is 11.3. The molecule has 2 aliphatic heterocycles. The van der Waals surface area contributed by atoms with Crippen molar-refractivity contribution in [3.05, 3.63) is 59.2 Å². The maximum Gasteiger partial charge on any atom is 0.253 e. The van der Waals surface area contributed by atoms with Crippen molar-refractivity contribution < 1.29 is 17.9 Å². The topological polar surface area (TPSA) is 70.2 Å². The van der Waals surface area contributed by atoms with Crippen molar-refractivity contribution in [3.63, 3.8) is 0 Å². The van der Waals surface area contributed by atoms with E-state index in [9.17, 15) is 13.2 Å². The van der Waals surface area contributed by atoms with Gasteiger partial charge in [0, 0.05) is 57.8 Å². The van der Waals surface area contributed by atoms with Crippen molar-refractivity contribution in [1.82, 2.24) is 14.1 Å². The summed E-state index contributed by atoms with van der Waals surface area (Å²) in [5, 5.41) is 0. The van der Waals surface area contributed by atoms with Crippen LogP contribution in [0.3, 0.4) is 0 Å². The van der Waals surface area contributed by atoms with Gasteiger partial charge in [-0.25, -0.2) is 8.42 Å². The molecule has 0 unspecified atom stereocenters. The van der Waals surface area contributed by atoms with Crippen LogP contribution in [0.5, 0.6) is 5.75 Å². The molecule has 2 heterocycles. The zero-order valence-corrected chi connectivity index (χ0v) is 19.6. The third-order valence-corrected chi connectivity index (χ3v) is 8.19. The van der Waals surface area contributed by atoms with Crippen molar-refractivity contribution in [3.8, 4) is 5.75 Å². The minimum atomic E-state index is -3.57. The Bertz CT molecular complexity index is 1060. The van der Waals surface area contributed by atoms with Crippen LogP contribution in [0.15, 0.2) is 47.4 Å². The van der Waals surface area contributed by atoms with E-state index < -0.39 is 10.0 Å². The number of hydrogen-bond donors (Lipinski definition) is 0. The normalized spacial score (nSPS) is 17.1. The second-order valence-corrected chi connectivity index (χ2v) is 10.2. The average molecular weight is 458 g/mol. The number of carbonyl (C=O) groups excluding carboxylic acids is 1. The lowest BCUT2D eigenvalue weighted by Gasteiger charge is -2.34. The lowest BCUT2D eigenvalue weighted by atomic mass is 10.1. The molecule has 0 N–H and O–H groups in total. The van der Waals surface area contributed by atoms with Crippen molar-refractivity contribution in [2.75, 3.05) is 45.9 Å². The molecule has 0 atom stereocenters. The minimum absolute atomic E-state index is 0.0781. The third kappa shape index (κ3) is 4.67. The summed E-state index contributed by atoms with van der Waals surface area (Å²) in [6.45, 7) is 8.95. The molecule has 1 saturated heterocycles. The number of benzene rings is 2. The molecule has 0 saturated carbocycles. The van der Waals surface area contributed by atoms with E-state index in [4.69, 9.17) is 4.74 Å². The fraction of sp³-hybridized carbons (Fsp3) is 0.458. The molecule has 7 nitrogen and oxygen atoms in total. The molecule has 172 valence electrons. The summed E-state index contributed by atoms with van der Waals surface area (Å²) in [5.41, 5.74) is 3.00. The van der Waals surface area contributed by atoms with Gasteiger partial charge in [-0.15, -0.1) is 0 Å². The van der Waals surface area contributed by atoms with Gasteiger partial charge in [-0.05, 0) is 55.3 Å². The highest BCUT2D eigenvalue weighted by atomic mass is 32.2. The molecule has 0 aromatic heterocycles. The maximum absolute atomic E-state index is 13.1. The number of sulfonamides is 1. The van der Waals surface area contributed by atoms with Crippen molar-refractivity contribution in [2.45, 2.75) is 31.7 Å². The summed E-state index contributed by atoms with van der Waals surface area (Å²) in [7, 11) is -3.57. The summed E-state index contributed by atoms with van der Waals surface area (Å²) >= 11 is 0. The van der Waals surface area contributed by atoms with E-state index in [-0.39, 0.29) is 10.8 Å². The lowest BCUT2D eigenvalue weighted by Crippen LogP contribution is -2.48. The molecule has 32 heavy (non-hydrogen) atoms. The van der Waals surface area contributed by atoms with Crippen LogP contribution in [0.1, 0.15) is 35.3 Å². The Kier molecular flexibility index (Phi) is 6.83. The molecule has 2 aromatic carbocycles. The quantitative estimate of drug-likeness (QED) is 0.639. The number of hydrogen-bond acceptors (Lipinski definition) is 5. The monoisotopic (exact) mass is 457 g/mol. The van der Waals surface area contributed by atoms with Crippen LogP contribution in [-0.2, 0) is 23.0 Å². The Morgan fingerprint density at radius 1 is 1.00 bits per heavy atom. The number of amides is 1. The fourth-order valence-corrected chi connectivity index (χ4v) is 5.76. The van der Waals surface area contributed by atoms with E-state index in [0.29, 0.717) is 44.8 Å². The number of ether oxygens (including phenoxy) is 1. The zero-order chi connectivity index (χ0) is 22.7. The van der Waals surface area contributed by atoms with Crippen LogP contribution in [0.4, 0.5) is 0 Å². The Morgan fingerprint density at radius 2 is 1.69 bits per heavy atom.